The number of unbranched alkanes of at least 4 members (excludes halogenated alkanes) is 16. The molecule has 0 aromatic heterocycles. The lowest BCUT2D eigenvalue weighted by molar-refractivity contribution is -0.170. The molecule has 214 valence electrons. The predicted octanol–water partition coefficient (Wildman–Crippen LogP) is 10.5. The van der Waals surface area contributed by atoms with E-state index in [-0.39, 0.29) is 5.97 Å². The second kappa shape index (κ2) is 22.6. The number of ether oxygens (including phenoxy) is 2. The standard InChI is InChI=1S/C34H60O3/c1-5-7-9-11-13-15-16-18-20-23-27-31(26-22-19-17-14-12-10-8-6-2)30-37-33(35)34(3,36-4)32-28-24-21-25-29-32/h21,24-25,28-29,31H,5-20,22-23,26-27,30H2,1-4H3. The van der Waals surface area contributed by atoms with Crippen LogP contribution < -0.4 is 0 Å². The summed E-state index contributed by atoms with van der Waals surface area (Å²) in [4.78, 5) is 13.1. The number of hydrogen-bond acceptors (Lipinski definition) is 3. The van der Waals surface area contributed by atoms with E-state index in [1.54, 1.807) is 7.11 Å². The largest absolute Gasteiger partial charge is 0.463 e. The maximum Gasteiger partial charge on any atom is 0.342 e. The van der Waals surface area contributed by atoms with Crippen LogP contribution in [0.4, 0.5) is 0 Å². The van der Waals surface area contributed by atoms with Crippen molar-refractivity contribution in [2.75, 3.05) is 13.7 Å². The minimum Gasteiger partial charge on any atom is -0.463 e. The molecule has 3 heteroatoms. The molecule has 0 N–H and O–H groups in total. The molecule has 1 aromatic rings. The summed E-state index contributed by atoms with van der Waals surface area (Å²) in [5.41, 5.74) is -0.210. The van der Waals surface area contributed by atoms with Crippen LogP contribution >= 0.6 is 0 Å². The first kappa shape index (κ1) is 33.7. The fourth-order valence-corrected chi connectivity index (χ4v) is 5.20. The summed E-state index contributed by atoms with van der Waals surface area (Å²) in [6.45, 7) is 6.89. The highest BCUT2D eigenvalue weighted by Gasteiger charge is 2.37. The molecule has 1 aromatic carbocycles. The van der Waals surface area contributed by atoms with Gasteiger partial charge in [0, 0.05) is 7.11 Å². The van der Waals surface area contributed by atoms with Gasteiger partial charge in [0.1, 0.15) is 0 Å². The smallest absolute Gasteiger partial charge is 0.342 e. The normalized spacial score (nSPS) is 13.8. The van der Waals surface area contributed by atoms with Gasteiger partial charge in [0.15, 0.2) is 5.60 Å². The molecular formula is C34H60O3. The lowest BCUT2D eigenvalue weighted by atomic mass is 9.94. The highest BCUT2D eigenvalue weighted by molar-refractivity contribution is 5.80. The highest BCUT2D eigenvalue weighted by atomic mass is 16.6. The number of benzene rings is 1. The molecule has 2 unspecified atom stereocenters. The summed E-state index contributed by atoms with van der Waals surface area (Å²) in [7, 11) is 1.59. The van der Waals surface area contributed by atoms with Crippen molar-refractivity contribution >= 4 is 5.97 Å². The molecule has 0 aliphatic rings. The molecule has 2 atom stereocenters. The topological polar surface area (TPSA) is 35.5 Å². The Labute approximate surface area is 230 Å². The van der Waals surface area contributed by atoms with E-state index >= 15 is 0 Å². The van der Waals surface area contributed by atoms with Crippen LogP contribution in [0.5, 0.6) is 0 Å². The van der Waals surface area contributed by atoms with Gasteiger partial charge < -0.3 is 9.47 Å². The predicted molar refractivity (Wildman–Crippen MR) is 159 cm³/mol. The van der Waals surface area contributed by atoms with Crippen LogP contribution in [-0.4, -0.2) is 19.7 Å². The maximum atomic E-state index is 13.1. The molecule has 0 bridgehead atoms. The minimum atomic E-state index is -1.05. The summed E-state index contributed by atoms with van der Waals surface area (Å²) in [6, 6.07) is 9.71. The van der Waals surface area contributed by atoms with Crippen LogP contribution in [0, 0.1) is 5.92 Å². The van der Waals surface area contributed by atoms with Gasteiger partial charge in [-0.15, -0.1) is 0 Å². The van der Waals surface area contributed by atoms with Crippen molar-refractivity contribution in [3.8, 4) is 0 Å². The molecule has 0 aliphatic carbocycles. The zero-order chi connectivity index (χ0) is 27.0. The van der Waals surface area contributed by atoms with Gasteiger partial charge in [-0.2, -0.15) is 0 Å². The molecule has 0 fully saturated rings. The van der Waals surface area contributed by atoms with Crippen LogP contribution in [0.3, 0.4) is 0 Å². The van der Waals surface area contributed by atoms with Gasteiger partial charge in [-0.25, -0.2) is 4.79 Å². The van der Waals surface area contributed by atoms with Gasteiger partial charge in [0.25, 0.3) is 0 Å². The quantitative estimate of drug-likeness (QED) is 0.0957. The van der Waals surface area contributed by atoms with Crippen molar-refractivity contribution in [2.45, 2.75) is 155 Å². The summed E-state index contributed by atoms with van der Waals surface area (Å²) in [5.74, 6) is 0.181. The van der Waals surface area contributed by atoms with Crippen molar-refractivity contribution < 1.29 is 14.3 Å². The molecule has 0 amide bonds. The van der Waals surface area contributed by atoms with Gasteiger partial charge in [-0.05, 0) is 31.2 Å². The monoisotopic (exact) mass is 516 g/mol. The average Bonchev–Trinajstić information content (AvgIpc) is 2.93. The second-order valence-electron chi connectivity index (χ2n) is 11.3. The van der Waals surface area contributed by atoms with Crippen LogP contribution in [0.15, 0.2) is 30.3 Å². The van der Waals surface area contributed by atoms with E-state index in [1.165, 1.54) is 116 Å². The Morgan fingerprint density at radius 3 is 1.49 bits per heavy atom. The molecule has 37 heavy (non-hydrogen) atoms. The van der Waals surface area contributed by atoms with E-state index < -0.39 is 5.60 Å². The lowest BCUT2D eigenvalue weighted by Crippen LogP contribution is -2.37. The summed E-state index contributed by atoms with van der Waals surface area (Å²) in [5, 5.41) is 0. The van der Waals surface area contributed by atoms with Gasteiger partial charge >= 0.3 is 5.97 Å². The summed E-state index contributed by atoms with van der Waals surface area (Å²) >= 11 is 0. The molecular weight excluding hydrogens is 456 g/mol. The Bertz CT molecular complexity index is 644. The van der Waals surface area contributed by atoms with E-state index in [2.05, 4.69) is 13.8 Å². The Balaban J connectivity index is 2.43. The minimum absolute atomic E-state index is 0.273. The summed E-state index contributed by atoms with van der Waals surface area (Å²) in [6.07, 6.45) is 26.6. The fraction of sp³-hybridized carbons (Fsp3) is 0.794. The third-order valence-corrected chi connectivity index (χ3v) is 8.00. The van der Waals surface area contributed by atoms with Gasteiger partial charge in [-0.1, -0.05) is 160 Å². The van der Waals surface area contributed by atoms with Crippen molar-refractivity contribution in [1.29, 1.82) is 0 Å². The molecule has 3 nitrogen and oxygen atoms in total. The van der Waals surface area contributed by atoms with Crippen molar-refractivity contribution in [3.63, 3.8) is 0 Å². The van der Waals surface area contributed by atoms with E-state index in [4.69, 9.17) is 9.47 Å². The van der Waals surface area contributed by atoms with Crippen LogP contribution in [0.1, 0.15) is 155 Å². The number of rotatable bonds is 25. The Kier molecular flexibility index (Phi) is 20.6. The highest BCUT2D eigenvalue weighted by Crippen LogP contribution is 2.27. The van der Waals surface area contributed by atoms with Gasteiger partial charge in [0.2, 0.25) is 0 Å². The molecule has 0 spiro atoms. The van der Waals surface area contributed by atoms with Crippen LogP contribution in [-0.2, 0) is 19.9 Å². The second-order valence-corrected chi connectivity index (χ2v) is 11.3. The maximum absolute atomic E-state index is 13.1. The van der Waals surface area contributed by atoms with Crippen molar-refractivity contribution in [1.82, 2.24) is 0 Å². The molecule has 0 aliphatic heterocycles. The first-order valence-electron chi connectivity index (χ1n) is 15.9. The SMILES string of the molecule is CCCCCCCCCCCCC(CCCCCCCCCC)COC(=O)C(C)(OC)c1ccccc1. The zero-order valence-electron chi connectivity index (χ0n) is 25.0. The summed E-state index contributed by atoms with van der Waals surface area (Å²) < 4.78 is 11.6. The van der Waals surface area contributed by atoms with E-state index in [0.717, 1.165) is 18.4 Å². The van der Waals surface area contributed by atoms with Crippen molar-refractivity contribution in [3.05, 3.63) is 35.9 Å². The van der Waals surface area contributed by atoms with Gasteiger partial charge in [0.05, 0.1) is 6.61 Å². The number of hydrogen-bond donors (Lipinski definition) is 0. The molecule has 0 radical (unpaired) electrons. The molecule has 0 heterocycles. The fourth-order valence-electron chi connectivity index (χ4n) is 5.20. The van der Waals surface area contributed by atoms with Crippen molar-refractivity contribution in [2.24, 2.45) is 5.92 Å². The third kappa shape index (κ3) is 15.6. The number of carbonyl (C=O) groups excluding carboxylic acids is 1. The molecule has 0 saturated carbocycles. The van der Waals surface area contributed by atoms with E-state index in [0.29, 0.717) is 12.5 Å². The van der Waals surface area contributed by atoms with E-state index in [1.807, 2.05) is 37.3 Å². The lowest BCUT2D eigenvalue weighted by Gasteiger charge is -2.27. The van der Waals surface area contributed by atoms with Gasteiger partial charge in [-0.3, -0.25) is 0 Å². The third-order valence-electron chi connectivity index (χ3n) is 8.00. The first-order chi connectivity index (χ1) is 18.1. The average molecular weight is 517 g/mol. The molecule has 0 saturated heterocycles. The number of esters is 1. The Hall–Kier alpha value is -1.35. The zero-order valence-corrected chi connectivity index (χ0v) is 25.0. The Morgan fingerprint density at radius 2 is 1.08 bits per heavy atom. The van der Waals surface area contributed by atoms with E-state index in [9.17, 15) is 4.79 Å². The van der Waals surface area contributed by atoms with Crippen LogP contribution in [0.2, 0.25) is 0 Å². The Morgan fingerprint density at radius 1 is 0.676 bits per heavy atom. The molecule has 1 rings (SSSR count). The first-order valence-corrected chi connectivity index (χ1v) is 15.9. The number of methoxy groups -OCH3 is 1. The van der Waals surface area contributed by atoms with Crippen LogP contribution in [0.25, 0.3) is 0 Å². The number of carbonyl (C=O) groups is 1.